The van der Waals surface area contributed by atoms with Gasteiger partial charge < -0.3 is 4.90 Å². The fourth-order valence-electron chi connectivity index (χ4n) is 4.88. The Morgan fingerprint density at radius 1 is 0.700 bits per heavy atom. The van der Waals surface area contributed by atoms with Gasteiger partial charge >= 0.3 is 0 Å². The van der Waals surface area contributed by atoms with Crippen LogP contribution in [0.15, 0.2) is 0 Å². The van der Waals surface area contributed by atoms with Gasteiger partial charge in [-0.2, -0.15) is 0 Å². The van der Waals surface area contributed by atoms with Crippen LogP contribution < -0.4 is 0 Å². The number of likely N-dealkylation sites (tertiary alicyclic amines) is 2. The van der Waals surface area contributed by atoms with Gasteiger partial charge in [0, 0.05) is 43.3 Å². The lowest BCUT2D eigenvalue weighted by Gasteiger charge is -2.48. The number of rotatable bonds is 3. The average Bonchev–Trinajstić information content (AvgIpc) is 2.70. The van der Waals surface area contributed by atoms with Gasteiger partial charge in [-0.1, -0.05) is 0 Å². The van der Waals surface area contributed by atoms with Gasteiger partial charge in [0.2, 0.25) is 0 Å². The van der Waals surface area contributed by atoms with Crippen molar-refractivity contribution in [2.45, 2.75) is 83.6 Å². The molecule has 0 aromatic rings. The Morgan fingerprint density at radius 2 is 1.25 bits per heavy atom. The zero-order valence-corrected chi connectivity index (χ0v) is 13.9. The molecule has 2 unspecified atom stereocenters. The molecule has 0 saturated carbocycles. The first-order valence-electron chi connectivity index (χ1n) is 8.81. The highest BCUT2D eigenvalue weighted by molar-refractivity contribution is 4.99. The van der Waals surface area contributed by atoms with E-state index in [2.05, 4.69) is 42.4 Å². The van der Waals surface area contributed by atoms with E-state index in [0.717, 1.165) is 30.2 Å². The molecule has 0 aromatic heterocycles. The minimum atomic E-state index is 0.727. The Hall–Kier alpha value is -0.120. The second-order valence-corrected chi connectivity index (χ2v) is 7.74. The van der Waals surface area contributed by atoms with Crippen LogP contribution in [0.4, 0.5) is 0 Å². The summed E-state index contributed by atoms with van der Waals surface area (Å²) in [7, 11) is 0. The van der Waals surface area contributed by atoms with E-state index in [-0.39, 0.29) is 0 Å². The first kappa shape index (κ1) is 14.8. The number of nitrogens with zero attached hydrogens (tertiary/aromatic N) is 3. The molecule has 3 heteroatoms. The van der Waals surface area contributed by atoms with Crippen molar-refractivity contribution < 1.29 is 0 Å². The molecule has 3 heterocycles. The Labute approximate surface area is 125 Å². The van der Waals surface area contributed by atoms with Gasteiger partial charge in [-0.3, -0.25) is 9.80 Å². The van der Waals surface area contributed by atoms with Gasteiger partial charge in [-0.15, -0.1) is 0 Å². The molecule has 3 fully saturated rings. The predicted octanol–water partition coefficient (Wildman–Crippen LogP) is 2.42. The fourth-order valence-corrected chi connectivity index (χ4v) is 4.88. The first-order chi connectivity index (χ1) is 9.56. The largest absolute Gasteiger partial charge is 0.301 e. The van der Waals surface area contributed by atoms with Gasteiger partial charge in [0.1, 0.15) is 0 Å². The molecule has 3 rings (SSSR count). The molecule has 2 bridgehead atoms. The fraction of sp³-hybridized carbons (Fsp3) is 1.00. The highest BCUT2D eigenvalue weighted by Crippen LogP contribution is 2.34. The third-order valence-electron chi connectivity index (χ3n) is 5.91. The summed E-state index contributed by atoms with van der Waals surface area (Å²) in [5.74, 6) is 0. The van der Waals surface area contributed by atoms with Gasteiger partial charge in [0.15, 0.2) is 0 Å². The molecule has 3 aliphatic rings. The molecule has 20 heavy (non-hydrogen) atoms. The lowest BCUT2D eigenvalue weighted by Crippen LogP contribution is -2.59. The second kappa shape index (κ2) is 5.94. The van der Waals surface area contributed by atoms with Crippen molar-refractivity contribution in [2.75, 3.05) is 26.2 Å². The van der Waals surface area contributed by atoms with E-state index in [1.165, 1.54) is 51.9 Å². The standard InChI is InChI=1S/C17H33N3/c1-13(2)18-9-7-15(8-10-18)19-11-16-5-6-17(12-19)20(16)14(3)4/h13-17H,5-12H2,1-4H3. The summed E-state index contributed by atoms with van der Waals surface area (Å²) in [6.07, 6.45) is 5.65. The van der Waals surface area contributed by atoms with Crippen LogP contribution in [0, 0.1) is 0 Å². The van der Waals surface area contributed by atoms with E-state index in [9.17, 15) is 0 Å². The monoisotopic (exact) mass is 279 g/mol. The van der Waals surface area contributed by atoms with Gasteiger partial charge in [-0.25, -0.2) is 0 Å². The highest BCUT2D eigenvalue weighted by atomic mass is 15.3. The summed E-state index contributed by atoms with van der Waals surface area (Å²) in [5, 5.41) is 0. The molecule has 2 atom stereocenters. The van der Waals surface area contributed by atoms with Gasteiger partial charge in [0.05, 0.1) is 0 Å². The summed E-state index contributed by atoms with van der Waals surface area (Å²) in [6.45, 7) is 14.7. The summed E-state index contributed by atoms with van der Waals surface area (Å²) >= 11 is 0. The average molecular weight is 279 g/mol. The third kappa shape index (κ3) is 2.77. The molecule has 0 spiro atoms. The molecular weight excluding hydrogens is 246 g/mol. The normalized spacial score (nSPS) is 34.5. The van der Waals surface area contributed by atoms with E-state index in [0.29, 0.717) is 0 Å². The Balaban J connectivity index is 1.56. The van der Waals surface area contributed by atoms with E-state index in [4.69, 9.17) is 0 Å². The molecule has 0 radical (unpaired) electrons. The first-order valence-corrected chi connectivity index (χ1v) is 8.81. The number of piperazine rings is 1. The SMILES string of the molecule is CC(C)N1CCC(N2CC3CCC(C2)N3C(C)C)CC1. The van der Waals surface area contributed by atoms with E-state index in [1.807, 2.05) is 0 Å². The topological polar surface area (TPSA) is 9.72 Å². The van der Waals surface area contributed by atoms with Crippen molar-refractivity contribution >= 4 is 0 Å². The Bertz CT molecular complexity index is 306. The molecular formula is C17H33N3. The van der Waals surface area contributed by atoms with Crippen molar-refractivity contribution in [3.05, 3.63) is 0 Å². The zero-order valence-electron chi connectivity index (χ0n) is 13.9. The molecule has 0 amide bonds. The van der Waals surface area contributed by atoms with E-state index < -0.39 is 0 Å². The maximum atomic E-state index is 2.85. The molecule has 3 aliphatic heterocycles. The maximum Gasteiger partial charge on any atom is 0.0230 e. The van der Waals surface area contributed by atoms with Crippen LogP contribution in [-0.4, -0.2) is 71.1 Å². The summed E-state index contributed by atoms with van der Waals surface area (Å²) in [5.41, 5.74) is 0. The lowest BCUT2D eigenvalue weighted by atomic mass is 9.99. The maximum absolute atomic E-state index is 2.85. The molecule has 3 saturated heterocycles. The van der Waals surface area contributed by atoms with Crippen LogP contribution in [0.25, 0.3) is 0 Å². The highest BCUT2D eigenvalue weighted by Gasteiger charge is 2.42. The summed E-state index contributed by atoms with van der Waals surface area (Å²) in [6, 6.07) is 4.01. The predicted molar refractivity (Wildman–Crippen MR) is 85.1 cm³/mol. The molecule has 0 aromatic carbocycles. The van der Waals surface area contributed by atoms with E-state index in [1.54, 1.807) is 0 Å². The Kier molecular flexibility index (Phi) is 4.40. The van der Waals surface area contributed by atoms with Crippen molar-refractivity contribution in [3.8, 4) is 0 Å². The smallest absolute Gasteiger partial charge is 0.0230 e. The molecule has 3 nitrogen and oxygen atoms in total. The summed E-state index contributed by atoms with van der Waals surface area (Å²) in [4.78, 5) is 8.30. The van der Waals surface area contributed by atoms with Crippen molar-refractivity contribution in [3.63, 3.8) is 0 Å². The number of hydrogen-bond acceptors (Lipinski definition) is 3. The van der Waals surface area contributed by atoms with Crippen molar-refractivity contribution in [1.29, 1.82) is 0 Å². The molecule has 0 N–H and O–H groups in total. The number of fused-ring (bicyclic) bond motifs is 2. The number of piperidine rings is 1. The zero-order chi connectivity index (χ0) is 14.3. The Morgan fingerprint density at radius 3 is 1.70 bits per heavy atom. The van der Waals surface area contributed by atoms with Crippen LogP contribution in [0.1, 0.15) is 53.4 Å². The molecule has 116 valence electrons. The molecule has 0 aliphatic carbocycles. The van der Waals surface area contributed by atoms with Crippen LogP contribution >= 0.6 is 0 Å². The van der Waals surface area contributed by atoms with Crippen molar-refractivity contribution in [1.82, 2.24) is 14.7 Å². The van der Waals surface area contributed by atoms with Crippen LogP contribution in [-0.2, 0) is 0 Å². The van der Waals surface area contributed by atoms with Crippen molar-refractivity contribution in [2.24, 2.45) is 0 Å². The van der Waals surface area contributed by atoms with Crippen LogP contribution in [0.2, 0.25) is 0 Å². The summed E-state index contributed by atoms with van der Waals surface area (Å²) < 4.78 is 0. The quantitative estimate of drug-likeness (QED) is 0.785. The minimum Gasteiger partial charge on any atom is -0.301 e. The third-order valence-corrected chi connectivity index (χ3v) is 5.91. The van der Waals surface area contributed by atoms with Gasteiger partial charge in [-0.05, 0) is 66.5 Å². The van der Waals surface area contributed by atoms with Crippen LogP contribution in [0.5, 0.6) is 0 Å². The van der Waals surface area contributed by atoms with Gasteiger partial charge in [0.25, 0.3) is 0 Å². The van der Waals surface area contributed by atoms with Crippen LogP contribution in [0.3, 0.4) is 0 Å². The number of hydrogen-bond donors (Lipinski definition) is 0. The minimum absolute atomic E-state index is 0.727. The lowest BCUT2D eigenvalue weighted by molar-refractivity contribution is 0.00216. The van der Waals surface area contributed by atoms with E-state index >= 15 is 0 Å². The second-order valence-electron chi connectivity index (χ2n) is 7.74.